The van der Waals surface area contributed by atoms with Gasteiger partial charge in [0.25, 0.3) is 0 Å². The number of nitrogens with two attached hydrogens (primary N) is 1. The number of amides is 1. The van der Waals surface area contributed by atoms with Gasteiger partial charge in [0, 0.05) is 23.0 Å². The number of carbonyl (C=O) groups is 1. The van der Waals surface area contributed by atoms with Crippen LogP contribution in [0.2, 0.25) is 0 Å². The first-order chi connectivity index (χ1) is 9.28. The molecule has 0 fully saturated rings. The molecule has 0 bridgehead atoms. The average molecular weight is 311 g/mol. The number of aryl methyl sites for hydroxylation is 2. The van der Waals surface area contributed by atoms with Crippen molar-refractivity contribution in [3.63, 3.8) is 0 Å². The van der Waals surface area contributed by atoms with Crippen molar-refractivity contribution in [3.8, 4) is 0 Å². The molecule has 21 heavy (non-hydrogen) atoms. The zero-order valence-corrected chi connectivity index (χ0v) is 13.8. The Hall–Kier alpha value is -1.52. The zero-order valence-electron chi connectivity index (χ0n) is 12.9. The molecule has 2 aromatic rings. The lowest BCUT2D eigenvalue weighted by Crippen LogP contribution is -2.45. The molecule has 0 aliphatic heterocycles. The summed E-state index contributed by atoms with van der Waals surface area (Å²) in [6, 6.07) is 4.06. The number of nitrogens with one attached hydrogen (secondary N) is 1. The van der Waals surface area contributed by atoms with Gasteiger partial charge in [0.05, 0.1) is 12.7 Å². The molecule has 0 saturated carbocycles. The Morgan fingerprint density at radius 2 is 2.00 bits per heavy atom. The third-order valence-electron chi connectivity index (χ3n) is 3.43. The highest BCUT2D eigenvalue weighted by Crippen LogP contribution is 2.26. The zero-order chi connectivity index (χ0) is 14.9. The fourth-order valence-electron chi connectivity index (χ4n) is 2.09. The molecule has 1 aromatic heterocycles. The molecule has 0 aliphatic rings. The van der Waals surface area contributed by atoms with Crippen LogP contribution in [0.5, 0.6) is 0 Å². The quantitative estimate of drug-likeness (QED) is 0.912. The van der Waals surface area contributed by atoms with Gasteiger partial charge in [0.1, 0.15) is 5.58 Å². The highest BCUT2D eigenvalue weighted by Gasteiger charge is 2.15. The predicted molar refractivity (Wildman–Crippen MR) is 87.9 cm³/mol. The van der Waals surface area contributed by atoms with E-state index in [2.05, 4.69) is 11.4 Å². The fourth-order valence-corrected chi connectivity index (χ4v) is 2.09. The van der Waals surface area contributed by atoms with Crippen molar-refractivity contribution in [1.29, 1.82) is 0 Å². The number of hydrogen-bond donors (Lipinski definition) is 2. The maximum Gasteiger partial charge on any atom is 0.224 e. The van der Waals surface area contributed by atoms with Crippen LogP contribution in [-0.4, -0.2) is 18.0 Å². The van der Waals surface area contributed by atoms with Crippen molar-refractivity contribution in [2.24, 2.45) is 5.73 Å². The van der Waals surface area contributed by atoms with E-state index in [1.807, 2.05) is 33.8 Å². The predicted octanol–water partition coefficient (Wildman–Crippen LogP) is 2.87. The van der Waals surface area contributed by atoms with Crippen molar-refractivity contribution in [1.82, 2.24) is 5.32 Å². The first-order valence-electron chi connectivity index (χ1n) is 6.80. The number of fused-ring (bicyclic) bond motifs is 1. The molecular weight excluding hydrogens is 288 g/mol. The first-order valence-corrected chi connectivity index (χ1v) is 6.80. The summed E-state index contributed by atoms with van der Waals surface area (Å²) in [5.74, 6) is -0.0375. The van der Waals surface area contributed by atoms with E-state index in [4.69, 9.17) is 10.2 Å². The number of benzene rings is 1. The van der Waals surface area contributed by atoms with Gasteiger partial charge in [-0.15, -0.1) is 12.4 Å². The van der Waals surface area contributed by atoms with E-state index in [0.29, 0.717) is 13.0 Å². The Balaban J connectivity index is 0.00000220. The topological polar surface area (TPSA) is 68.3 Å². The maximum absolute atomic E-state index is 11.9. The number of rotatable bonds is 4. The molecule has 4 nitrogen and oxygen atoms in total. The summed E-state index contributed by atoms with van der Waals surface area (Å²) >= 11 is 0. The third-order valence-corrected chi connectivity index (χ3v) is 3.43. The lowest BCUT2D eigenvalue weighted by molar-refractivity contribution is -0.120. The Kier molecular flexibility index (Phi) is 5.42. The minimum absolute atomic E-state index is 0. The molecule has 0 radical (unpaired) electrons. The van der Waals surface area contributed by atoms with Gasteiger partial charge >= 0.3 is 0 Å². The Morgan fingerprint density at radius 3 is 2.62 bits per heavy atom. The standard InChI is InChI=1S/C16H22N2O2.ClH/c1-10-5-6-13-12(8-20-15(13)11(10)2)7-14(19)18-9-16(3,4)17;/h5-6,8H,7,9,17H2,1-4H3,(H,18,19);1H. The molecule has 0 spiro atoms. The van der Waals surface area contributed by atoms with Crippen molar-refractivity contribution < 1.29 is 9.21 Å². The molecule has 1 heterocycles. The second-order valence-electron chi connectivity index (χ2n) is 6.09. The molecule has 1 amide bonds. The normalized spacial score (nSPS) is 11.3. The lowest BCUT2D eigenvalue weighted by atomic mass is 10.0. The van der Waals surface area contributed by atoms with Gasteiger partial charge in [0.15, 0.2) is 0 Å². The number of hydrogen-bond acceptors (Lipinski definition) is 3. The van der Waals surface area contributed by atoms with Crippen LogP contribution in [0.25, 0.3) is 11.0 Å². The Labute approximate surface area is 131 Å². The summed E-state index contributed by atoms with van der Waals surface area (Å²) in [4.78, 5) is 11.9. The minimum atomic E-state index is -0.401. The van der Waals surface area contributed by atoms with Crippen LogP contribution in [0.3, 0.4) is 0 Å². The van der Waals surface area contributed by atoms with Crippen molar-refractivity contribution in [2.45, 2.75) is 39.7 Å². The fraction of sp³-hybridized carbons (Fsp3) is 0.438. The molecular formula is C16H23ClN2O2. The highest BCUT2D eigenvalue weighted by atomic mass is 35.5. The average Bonchev–Trinajstić information content (AvgIpc) is 2.74. The summed E-state index contributed by atoms with van der Waals surface area (Å²) in [7, 11) is 0. The van der Waals surface area contributed by atoms with Gasteiger partial charge in [-0.3, -0.25) is 4.79 Å². The SMILES string of the molecule is Cc1ccc2c(CC(=O)NCC(C)(C)N)coc2c1C.Cl. The molecule has 3 N–H and O–H groups in total. The molecule has 0 aliphatic carbocycles. The Morgan fingerprint density at radius 1 is 1.33 bits per heavy atom. The molecule has 0 saturated heterocycles. The lowest BCUT2D eigenvalue weighted by Gasteiger charge is -2.18. The van der Waals surface area contributed by atoms with Crippen LogP contribution in [0.15, 0.2) is 22.8 Å². The molecule has 116 valence electrons. The van der Waals surface area contributed by atoms with Gasteiger partial charge in [0.2, 0.25) is 5.91 Å². The van der Waals surface area contributed by atoms with E-state index in [9.17, 15) is 4.79 Å². The van der Waals surface area contributed by atoms with E-state index >= 15 is 0 Å². The van der Waals surface area contributed by atoms with Crippen molar-refractivity contribution >= 4 is 29.3 Å². The molecule has 0 atom stereocenters. The summed E-state index contributed by atoms with van der Waals surface area (Å²) in [5, 5.41) is 3.86. The molecule has 5 heteroatoms. The smallest absolute Gasteiger partial charge is 0.224 e. The van der Waals surface area contributed by atoms with Gasteiger partial charge in [-0.25, -0.2) is 0 Å². The Bertz CT molecular complexity index is 641. The van der Waals surface area contributed by atoms with E-state index in [1.54, 1.807) is 6.26 Å². The van der Waals surface area contributed by atoms with E-state index in [1.165, 1.54) is 5.56 Å². The highest BCUT2D eigenvalue weighted by molar-refractivity contribution is 5.89. The van der Waals surface area contributed by atoms with E-state index < -0.39 is 5.54 Å². The third kappa shape index (κ3) is 4.22. The van der Waals surface area contributed by atoms with Gasteiger partial charge in [-0.1, -0.05) is 12.1 Å². The van der Waals surface area contributed by atoms with Crippen LogP contribution in [0.4, 0.5) is 0 Å². The molecule has 2 rings (SSSR count). The summed E-state index contributed by atoms with van der Waals surface area (Å²) in [6.45, 7) is 8.30. The molecule has 0 unspecified atom stereocenters. The second-order valence-corrected chi connectivity index (χ2v) is 6.09. The van der Waals surface area contributed by atoms with Crippen LogP contribution in [0.1, 0.15) is 30.5 Å². The number of halogens is 1. The van der Waals surface area contributed by atoms with Crippen molar-refractivity contribution in [2.75, 3.05) is 6.54 Å². The monoisotopic (exact) mass is 310 g/mol. The van der Waals surface area contributed by atoms with Crippen LogP contribution < -0.4 is 11.1 Å². The summed E-state index contributed by atoms with van der Waals surface area (Å²) in [5.41, 5.74) is 9.54. The van der Waals surface area contributed by atoms with Crippen LogP contribution in [-0.2, 0) is 11.2 Å². The molecule has 1 aromatic carbocycles. The van der Waals surface area contributed by atoms with Gasteiger partial charge < -0.3 is 15.5 Å². The second kappa shape index (κ2) is 6.50. The minimum Gasteiger partial charge on any atom is -0.464 e. The van der Waals surface area contributed by atoms with Gasteiger partial charge in [-0.2, -0.15) is 0 Å². The summed E-state index contributed by atoms with van der Waals surface area (Å²) in [6.07, 6.45) is 1.98. The largest absolute Gasteiger partial charge is 0.464 e. The van der Waals surface area contributed by atoms with Crippen LogP contribution >= 0.6 is 12.4 Å². The van der Waals surface area contributed by atoms with Gasteiger partial charge in [-0.05, 0) is 38.8 Å². The number of carbonyl (C=O) groups excluding carboxylic acids is 1. The van der Waals surface area contributed by atoms with Crippen LogP contribution in [0, 0.1) is 13.8 Å². The van der Waals surface area contributed by atoms with E-state index in [-0.39, 0.29) is 18.3 Å². The maximum atomic E-state index is 11.9. The van der Waals surface area contributed by atoms with E-state index in [0.717, 1.165) is 22.1 Å². The summed E-state index contributed by atoms with van der Waals surface area (Å²) < 4.78 is 5.60. The first kappa shape index (κ1) is 17.5. The number of furan rings is 1. The van der Waals surface area contributed by atoms with Crippen molar-refractivity contribution in [3.05, 3.63) is 35.1 Å².